The second-order valence-corrected chi connectivity index (χ2v) is 2.28. The molecule has 0 aromatic heterocycles. The van der Waals surface area contributed by atoms with E-state index in [2.05, 4.69) is 18.6 Å². The van der Waals surface area contributed by atoms with Crippen molar-refractivity contribution in [2.24, 2.45) is 0 Å². The number of hydrogen-bond donors (Lipinski definition) is 0. The maximum absolute atomic E-state index is 10.2. The summed E-state index contributed by atoms with van der Waals surface area (Å²) >= 11 is 0. The van der Waals surface area contributed by atoms with Crippen LogP contribution in [0.25, 0.3) is 0 Å². The molecule has 0 radical (unpaired) electrons. The molecule has 3 nitrogen and oxygen atoms in total. The van der Waals surface area contributed by atoms with Crippen molar-refractivity contribution in [2.75, 3.05) is 6.61 Å². The largest absolute Gasteiger partial charge is 0.460 e. The van der Waals surface area contributed by atoms with Gasteiger partial charge in [0.25, 0.3) is 0 Å². The third kappa shape index (κ3) is 11.9. The van der Waals surface area contributed by atoms with Crippen LogP contribution >= 0.6 is 0 Å². The van der Waals surface area contributed by atoms with Crippen LogP contribution in [0.4, 0.5) is 0 Å². The van der Waals surface area contributed by atoms with Crippen LogP contribution in [-0.2, 0) is 14.3 Å². The molecule has 3 heteroatoms. The summed E-state index contributed by atoms with van der Waals surface area (Å²) in [5.41, 5.74) is 0. The molecule has 0 aromatic carbocycles. The van der Waals surface area contributed by atoms with Gasteiger partial charge in [-0.1, -0.05) is 26.7 Å². The quantitative estimate of drug-likeness (QED) is 0.485. The van der Waals surface area contributed by atoms with Gasteiger partial charge in [-0.25, -0.2) is 4.79 Å². The van der Waals surface area contributed by atoms with Crippen molar-refractivity contribution in [3.05, 3.63) is 0 Å². The average molecular weight is 174 g/mol. The standard InChI is InChI=1S/C5H8O3.C4H10/c1-3-8-5(7)4(2)6;1-3-4-2/h3H2,1-2H3;3-4H2,1-2H3. The van der Waals surface area contributed by atoms with Gasteiger partial charge in [0.15, 0.2) is 0 Å². The van der Waals surface area contributed by atoms with E-state index in [0.29, 0.717) is 0 Å². The van der Waals surface area contributed by atoms with Gasteiger partial charge >= 0.3 is 5.97 Å². The first-order chi connectivity index (χ1) is 5.59. The van der Waals surface area contributed by atoms with E-state index in [1.165, 1.54) is 19.8 Å². The highest BCUT2D eigenvalue weighted by atomic mass is 16.5. The summed E-state index contributed by atoms with van der Waals surface area (Å²) in [4.78, 5) is 20.2. The number of hydrogen-bond acceptors (Lipinski definition) is 3. The number of unbranched alkanes of at least 4 members (excludes halogenated alkanes) is 1. The maximum Gasteiger partial charge on any atom is 0.374 e. The molecule has 0 aromatic rings. The van der Waals surface area contributed by atoms with Crippen LogP contribution in [0.2, 0.25) is 0 Å². The van der Waals surface area contributed by atoms with Gasteiger partial charge in [-0.2, -0.15) is 0 Å². The molecule has 72 valence electrons. The van der Waals surface area contributed by atoms with Gasteiger partial charge in [0.1, 0.15) is 0 Å². The lowest BCUT2D eigenvalue weighted by atomic mass is 10.4. The number of ether oxygens (including phenoxy) is 1. The minimum absolute atomic E-state index is 0.262. The Bertz CT molecular complexity index is 128. The summed E-state index contributed by atoms with van der Waals surface area (Å²) in [6, 6.07) is 0. The molecule has 0 rings (SSSR count). The van der Waals surface area contributed by atoms with Crippen molar-refractivity contribution in [1.29, 1.82) is 0 Å². The van der Waals surface area contributed by atoms with Gasteiger partial charge in [-0.15, -0.1) is 0 Å². The van der Waals surface area contributed by atoms with Crippen molar-refractivity contribution in [3.63, 3.8) is 0 Å². The first-order valence-corrected chi connectivity index (χ1v) is 4.27. The molecule has 0 atom stereocenters. The Morgan fingerprint density at radius 1 is 1.08 bits per heavy atom. The molecule has 0 amide bonds. The summed E-state index contributed by atoms with van der Waals surface area (Å²) in [6.45, 7) is 7.46. The number of carbonyl (C=O) groups excluding carboxylic acids is 2. The molecule has 0 aliphatic heterocycles. The zero-order valence-electron chi connectivity index (χ0n) is 8.35. The van der Waals surface area contributed by atoms with Crippen LogP contribution in [0.15, 0.2) is 0 Å². The molecular formula is C9H18O3. The van der Waals surface area contributed by atoms with Crippen LogP contribution in [0.5, 0.6) is 0 Å². The molecule has 0 bridgehead atoms. The molecule has 0 heterocycles. The predicted octanol–water partition coefficient (Wildman–Crippen LogP) is 1.94. The SMILES string of the molecule is CCCC.CCOC(=O)C(C)=O. The molecular weight excluding hydrogens is 156 g/mol. The fraction of sp³-hybridized carbons (Fsp3) is 0.778. The average Bonchev–Trinajstić information content (AvgIpc) is 2.05. The fourth-order valence-corrected chi connectivity index (χ4v) is 0.233. The van der Waals surface area contributed by atoms with E-state index in [0.717, 1.165) is 0 Å². The molecule has 0 fully saturated rings. The van der Waals surface area contributed by atoms with Crippen LogP contribution in [-0.4, -0.2) is 18.4 Å². The molecule has 0 unspecified atom stereocenters. The Morgan fingerprint density at radius 2 is 1.50 bits per heavy atom. The second-order valence-electron chi connectivity index (χ2n) is 2.28. The van der Waals surface area contributed by atoms with Gasteiger partial charge in [0, 0.05) is 6.92 Å². The normalized spacial score (nSPS) is 8.00. The van der Waals surface area contributed by atoms with E-state index in [1.54, 1.807) is 6.92 Å². The molecule has 0 N–H and O–H groups in total. The van der Waals surface area contributed by atoms with E-state index in [1.807, 2.05) is 0 Å². The van der Waals surface area contributed by atoms with Crippen LogP contribution < -0.4 is 0 Å². The summed E-state index contributed by atoms with van der Waals surface area (Å²) in [5, 5.41) is 0. The third-order valence-corrected chi connectivity index (χ3v) is 1.06. The van der Waals surface area contributed by atoms with Gasteiger partial charge in [-0.05, 0) is 6.92 Å². The van der Waals surface area contributed by atoms with E-state index >= 15 is 0 Å². The number of Topliss-reactive ketones (excluding diaryl/α,β-unsaturated/α-hetero) is 1. The van der Waals surface area contributed by atoms with Crippen molar-refractivity contribution in [1.82, 2.24) is 0 Å². The topological polar surface area (TPSA) is 43.4 Å². The lowest BCUT2D eigenvalue weighted by molar-refractivity contribution is -0.152. The molecule has 0 saturated carbocycles. The van der Waals surface area contributed by atoms with Crippen molar-refractivity contribution >= 4 is 11.8 Å². The lowest BCUT2D eigenvalue weighted by Crippen LogP contribution is -2.12. The van der Waals surface area contributed by atoms with E-state index in [9.17, 15) is 9.59 Å². The smallest absolute Gasteiger partial charge is 0.374 e. The number of ketones is 1. The Labute approximate surface area is 74.1 Å². The minimum atomic E-state index is -0.757. The van der Waals surface area contributed by atoms with Gasteiger partial charge in [0.2, 0.25) is 5.78 Å². The first-order valence-electron chi connectivity index (χ1n) is 4.27. The summed E-state index contributed by atoms with van der Waals surface area (Å²) in [6.07, 6.45) is 2.64. The highest BCUT2D eigenvalue weighted by Crippen LogP contribution is 1.77. The van der Waals surface area contributed by atoms with Crippen LogP contribution in [0.1, 0.15) is 40.5 Å². The molecule has 0 saturated heterocycles. The van der Waals surface area contributed by atoms with Gasteiger partial charge < -0.3 is 4.74 Å². The zero-order valence-corrected chi connectivity index (χ0v) is 8.35. The summed E-state index contributed by atoms with van der Waals surface area (Å²) in [7, 11) is 0. The molecule has 12 heavy (non-hydrogen) atoms. The zero-order chi connectivity index (χ0) is 9.98. The minimum Gasteiger partial charge on any atom is -0.460 e. The Kier molecular flexibility index (Phi) is 11.6. The third-order valence-electron chi connectivity index (χ3n) is 1.06. The van der Waals surface area contributed by atoms with Crippen molar-refractivity contribution in [3.8, 4) is 0 Å². The van der Waals surface area contributed by atoms with E-state index in [-0.39, 0.29) is 6.61 Å². The fourth-order valence-electron chi connectivity index (χ4n) is 0.233. The predicted molar refractivity (Wildman–Crippen MR) is 47.9 cm³/mol. The second kappa shape index (κ2) is 10.1. The lowest BCUT2D eigenvalue weighted by Gasteiger charge is -1.93. The van der Waals surface area contributed by atoms with Gasteiger partial charge in [-0.3, -0.25) is 4.79 Å². The van der Waals surface area contributed by atoms with Crippen molar-refractivity contribution in [2.45, 2.75) is 40.5 Å². The molecule has 0 spiro atoms. The number of esters is 1. The Morgan fingerprint density at radius 3 is 1.58 bits per heavy atom. The first kappa shape index (κ1) is 13.7. The maximum atomic E-state index is 10.2. The highest BCUT2D eigenvalue weighted by Gasteiger charge is 2.05. The highest BCUT2D eigenvalue weighted by molar-refractivity contribution is 6.32. The van der Waals surface area contributed by atoms with Crippen LogP contribution in [0.3, 0.4) is 0 Å². The monoisotopic (exact) mass is 174 g/mol. The summed E-state index contributed by atoms with van der Waals surface area (Å²) in [5.74, 6) is -1.31. The van der Waals surface area contributed by atoms with E-state index in [4.69, 9.17) is 0 Å². The molecule has 0 aliphatic rings. The molecule has 0 aliphatic carbocycles. The Balaban J connectivity index is 0. The van der Waals surface area contributed by atoms with Gasteiger partial charge in [0.05, 0.1) is 6.61 Å². The van der Waals surface area contributed by atoms with Crippen LogP contribution in [0, 0.1) is 0 Å². The Hall–Kier alpha value is -0.860. The van der Waals surface area contributed by atoms with Crippen molar-refractivity contribution < 1.29 is 14.3 Å². The van der Waals surface area contributed by atoms with E-state index < -0.39 is 11.8 Å². The summed E-state index contributed by atoms with van der Waals surface area (Å²) < 4.78 is 4.31. The number of carbonyl (C=O) groups is 2. The number of rotatable bonds is 3.